The lowest BCUT2D eigenvalue weighted by molar-refractivity contribution is -0.135. The molecule has 98 valence electrons. The van der Waals surface area contributed by atoms with Crippen molar-refractivity contribution in [2.75, 3.05) is 24.6 Å². The fraction of sp³-hybridized carbons (Fsp3) is 0.909. The van der Waals surface area contributed by atoms with Crippen LogP contribution in [0.1, 0.15) is 20.3 Å². The second-order valence-electron chi connectivity index (χ2n) is 5.39. The molecule has 6 heteroatoms. The molecule has 0 spiro atoms. The van der Waals surface area contributed by atoms with Crippen molar-refractivity contribution >= 4 is 15.7 Å². The maximum absolute atomic E-state index is 12.1. The van der Waals surface area contributed by atoms with Crippen LogP contribution >= 0.6 is 0 Å². The molecule has 2 aliphatic rings. The van der Waals surface area contributed by atoms with Crippen LogP contribution in [-0.4, -0.2) is 55.9 Å². The van der Waals surface area contributed by atoms with Gasteiger partial charge < -0.3 is 10.2 Å². The highest BCUT2D eigenvalue weighted by Crippen LogP contribution is 2.22. The van der Waals surface area contributed by atoms with Gasteiger partial charge in [0.15, 0.2) is 9.84 Å². The van der Waals surface area contributed by atoms with Crippen LogP contribution in [0.4, 0.5) is 0 Å². The number of amides is 1. The second kappa shape index (κ2) is 4.57. The Morgan fingerprint density at radius 2 is 2.12 bits per heavy atom. The van der Waals surface area contributed by atoms with Crippen LogP contribution in [0, 0.1) is 5.92 Å². The third-order valence-electron chi connectivity index (χ3n) is 3.39. The van der Waals surface area contributed by atoms with Crippen LogP contribution < -0.4 is 5.32 Å². The summed E-state index contributed by atoms with van der Waals surface area (Å²) in [5, 5.41) is 3.20. The Kier molecular flexibility index (Phi) is 3.45. The van der Waals surface area contributed by atoms with Crippen LogP contribution in [-0.2, 0) is 14.6 Å². The largest absolute Gasteiger partial charge is 0.336 e. The van der Waals surface area contributed by atoms with E-state index in [9.17, 15) is 13.2 Å². The normalized spacial score (nSPS) is 31.6. The van der Waals surface area contributed by atoms with Gasteiger partial charge in [0.25, 0.3) is 0 Å². The average molecular weight is 260 g/mol. The lowest BCUT2D eigenvalue weighted by Gasteiger charge is -2.37. The summed E-state index contributed by atoms with van der Waals surface area (Å²) in [4.78, 5) is 13.8. The highest BCUT2D eigenvalue weighted by Gasteiger charge is 2.44. The van der Waals surface area contributed by atoms with Crippen molar-refractivity contribution in [3.63, 3.8) is 0 Å². The molecule has 2 fully saturated rings. The molecule has 2 heterocycles. The SMILES string of the molecule is CC(C)CC(=O)N1CCNC2CS(=O)(=O)CC21. The van der Waals surface area contributed by atoms with Crippen molar-refractivity contribution in [2.24, 2.45) is 5.92 Å². The van der Waals surface area contributed by atoms with Crippen LogP contribution in [0.25, 0.3) is 0 Å². The van der Waals surface area contributed by atoms with E-state index in [-0.39, 0.29) is 29.5 Å². The van der Waals surface area contributed by atoms with E-state index in [0.29, 0.717) is 25.4 Å². The summed E-state index contributed by atoms with van der Waals surface area (Å²) in [6.45, 7) is 5.33. The van der Waals surface area contributed by atoms with Gasteiger partial charge in [-0.3, -0.25) is 4.79 Å². The third-order valence-corrected chi connectivity index (χ3v) is 5.10. The van der Waals surface area contributed by atoms with Crippen molar-refractivity contribution in [1.82, 2.24) is 10.2 Å². The van der Waals surface area contributed by atoms with Crippen molar-refractivity contribution in [1.29, 1.82) is 0 Å². The van der Waals surface area contributed by atoms with Crippen LogP contribution in [0.3, 0.4) is 0 Å². The molecule has 0 aromatic heterocycles. The number of rotatable bonds is 2. The predicted molar refractivity (Wildman–Crippen MR) is 65.4 cm³/mol. The number of sulfone groups is 1. The highest BCUT2D eigenvalue weighted by molar-refractivity contribution is 7.91. The van der Waals surface area contributed by atoms with Crippen molar-refractivity contribution < 1.29 is 13.2 Å². The average Bonchev–Trinajstić information content (AvgIpc) is 2.49. The molecule has 0 saturated carbocycles. The zero-order valence-electron chi connectivity index (χ0n) is 10.3. The number of carbonyl (C=O) groups excluding carboxylic acids is 1. The zero-order valence-corrected chi connectivity index (χ0v) is 11.2. The smallest absolute Gasteiger partial charge is 0.223 e. The molecule has 2 aliphatic heterocycles. The summed E-state index contributed by atoms with van der Waals surface area (Å²) in [5.41, 5.74) is 0. The van der Waals surface area contributed by atoms with Crippen LogP contribution in [0.2, 0.25) is 0 Å². The quantitative estimate of drug-likeness (QED) is 0.735. The zero-order chi connectivity index (χ0) is 12.6. The Morgan fingerprint density at radius 1 is 1.41 bits per heavy atom. The van der Waals surface area contributed by atoms with Gasteiger partial charge >= 0.3 is 0 Å². The van der Waals surface area contributed by atoms with E-state index in [1.165, 1.54) is 0 Å². The molecular weight excluding hydrogens is 240 g/mol. The second-order valence-corrected chi connectivity index (χ2v) is 7.54. The van der Waals surface area contributed by atoms with Crippen molar-refractivity contribution in [2.45, 2.75) is 32.4 Å². The molecule has 2 saturated heterocycles. The molecule has 0 aromatic rings. The Hall–Kier alpha value is -0.620. The van der Waals surface area contributed by atoms with E-state index in [4.69, 9.17) is 0 Å². The molecule has 0 aromatic carbocycles. The number of carbonyl (C=O) groups is 1. The Labute approximate surface area is 102 Å². The summed E-state index contributed by atoms with van der Waals surface area (Å²) in [6.07, 6.45) is 0.503. The number of nitrogens with one attached hydrogen (secondary N) is 1. The van der Waals surface area contributed by atoms with Gasteiger partial charge in [0.05, 0.1) is 17.5 Å². The number of hydrogen-bond donors (Lipinski definition) is 1. The molecule has 2 unspecified atom stereocenters. The predicted octanol–water partition coefficient (Wildman–Crippen LogP) is -0.370. The summed E-state index contributed by atoms with van der Waals surface area (Å²) >= 11 is 0. The first kappa shape index (κ1) is 12.8. The van der Waals surface area contributed by atoms with Gasteiger partial charge in [0.2, 0.25) is 5.91 Å². The van der Waals surface area contributed by atoms with Gasteiger partial charge in [-0.15, -0.1) is 0 Å². The van der Waals surface area contributed by atoms with E-state index < -0.39 is 9.84 Å². The van der Waals surface area contributed by atoms with Gasteiger partial charge in [-0.2, -0.15) is 0 Å². The molecule has 2 atom stereocenters. The Balaban J connectivity index is 2.10. The lowest BCUT2D eigenvalue weighted by Crippen LogP contribution is -2.59. The summed E-state index contributed by atoms with van der Waals surface area (Å²) in [5.74, 6) is 0.694. The van der Waals surface area contributed by atoms with Crippen molar-refractivity contribution in [3.8, 4) is 0 Å². The fourth-order valence-electron chi connectivity index (χ4n) is 2.64. The lowest BCUT2D eigenvalue weighted by atomic mass is 10.0. The summed E-state index contributed by atoms with van der Waals surface area (Å²) in [6, 6.07) is -0.218. The molecular formula is C11H20N2O3S. The monoisotopic (exact) mass is 260 g/mol. The minimum atomic E-state index is -2.98. The first-order chi connectivity index (χ1) is 7.89. The Bertz CT molecular complexity index is 405. The van der Waals surface area contributed by atoms with E-state index in [1.807, 2.05) is 13.8 Å². The topological polar surface area (TPSA) is 66.5 Å². The standard InChI is InChI=1S/C11H20N2O3S/c1-8(2)5-11(14)13-4-3-12-9-6-17(15,16)7-10(9)13/h8-10,12H,3-7H2,1-2H3. The molecule has 0 bridgehead atoms. The summed E-state index contributed by atoms with van der Waals surface area (Å²) in [7, 11) is -2.98. The van der Waals surface area contributed by atoms with Crippen LogP contribution in [0.5, 0.6) is 0 Å². The van der Waals surface area contributed by atoms with E-state index >= 15 is 0 Å². The molecule has 0 aliphatic carbocycles. The molecule has 0 radical (unpaired) electrons. The number of hydrogen-bond acceptors (Lipinski definition) is 4. The molecule has 17 heavy (non-hydrogen) atoms. The van der Waals surface area contributed by atoms with Crippen LogP contribution in [0.15, 0.2) is 0 Å². The third kappa shape index (κ3) is 2.80. The Morgan fingerprint density at radius 3 is 2.76 bits per heavy atom. The fourth-order valence-corrected chi connectivity index (χ4v) is 4.60. The minimum Gasteiger partial charge on any atom is -0.336 e. The van der Waals surface area contributed by atoms with E-state index in [2.05, 4.69) is 5.32 Å². The first-order valence-corrected chi connectivity index (χ1v) is 7.94. The number of nitrogens with zero attached hydrogens (tertiary/aromatic N) is 1. The molecule has 2 rings (SSSR count). The van der Waals surface area contributed by atoms with E-state index in [0.717, 1.165) is 0 Å². The van der Waals surface area contributed by atoms with Gasteiger partial charge in [-0.1, -0.05) is 13.8 Å². The first-order valence-electron chi connectivity index (χ1n) is 6.12. The number of fused-ring (bicyclic) bond motifs is 1. The van der Waals surface area contributed by atoms with Gasteiger partial charge in [0.1, 0.15) is 0 Å². The van der Waals surface area contributed by atoms with E-state index in [1.54, 1.807) is 4.90 Å². The minimum absolute atomic E-state index is 0.0649. The van der Waals surface area contributed by atoms with Gasteiger partial charge in [-0.05, 0) is 5.92 Å². The van der Waals surface area contributed by atoms with Gasteiger partial charge in [-0.25, -0.2) is 8.42 Å². The highest BCUT2D eigenvalue weighted by atomic mass is 32.2. The summed E-state index contributed by atoms with van der Waals surface area (Å²) < 4.78 is 23.2. The molecule has 1 amide bonds. The maximum Gasteiger partial charge on any atom is 0.223 e. The maximum atomic E-state index is 12.1. The van der Waals surface area contributed by atoms with Crippen molar-refractivity contribution in [3.05, 3.63) is 0 Å². The molecule has 5 nitrogen and oxygen atoms in total. The number of piperazine rings is 1. The van der Waals surface area contributed by atoms with Gasteiger partial charge in [0, 0.05) is 25.6 Å². The molecule has 1 N–H and O–H groups in total.